The van der Waals surface area contributed by atoms with Crippen molar-refractivity contribution in [1.82, 2.24) is 15.2 Å². The topological polar surface area (TPSA) is 45.2 Å². The Bertz CT molecular complexity index is 939. The summed E-state index contributed by atoms with van der Waals surface area (Å²) in [6, 6.07) is 21.9. The zero-order valence-corrected chi connectivity index (χ0v) is 16.9. The van der Waals surface area contributed by atoms with E-state index in [0.29, 0.717) is 0 Å². The Morgan fingerprint density at radius 2 is 1.70 bits per heavy atom. The highest BCUT2D eigenvalue weighted by Crippen LogP contribution is 2.24. The fourth-order valence-electron chi connectivity index (χ4n) is 3.98. The number of carbonyl (C=O) groups excluding carboxylic acids is 1. The molecule has 1 amide bonds. The van der Waals surface area contributed by atoms with Crippen LogP contribution >= 0.6 is 0 Å². The molecule has 154 valence electrons. The number of pyridine rings is 1. The second kappa shape index (κ2) is 9.63. The number of rotatable bonds is 6. The van der Waals surface area contributed by atoms with E-state index in [2.05, 4.69) is 39.5 Å². The summed E-state index contributed by atoms with van der Waals surface area (Å²) >= 11 is 0. The molecule has 1 saturated heterocycles. The van der Waals surface area contributed by atoms with E-state index in [0.717, 1.165) is 43.7 Å². The molecule has 0 radical (unpaired) electrons. The molecule has 3 aromatic rings. The molecule has 1 N–H and O–H groups in total. The summed E-state index contributed by atoms with van der Waals surface area (Å²) in [5.74, 6) is -0.284. The standard InChI is InChI=1S/C25H26FN3O/c26-22-11-9-20(10-12-22)24(23-8-4-5-15-27-23)28-25(30)21-13-16-29(17-14-21)18-19-6-2-1-3-7-19/h1-12,15,21,24H,13-14,16-18H2,(H,28,30). The SMILES string of the molecule is O=C(NC(c1ccc(F)cc1)c1ccccn1)C1CCN(Cc2ccccc2)CC1. The Labute approximate surface area is 176 Å². The van der Waals surface area contributed by atoms with E-state index in [1.165, 1.54) is 17.7 Å². The van der Waals surface area contributed by atoms with E-state index in [9.17, 15) is 9.18 Å². The van der Waals surface area contributed by atoms with Crippen LogP contribution in [0.1, 0.15) is 35.7 Å². The van der Waals surface area contributed by atoms with Crippen LogP contribution in [-0.2, 0) is 11.3 Å². The second-order valence-corrected chi connectivity index (χ2v) is 7.78. The van der Waals surface area contributed by atoms with Crippen LogP contribution in [0.4, 0.5) is 4.39 Å². The number of amides is 1. The molecule has 0 bridgehead atoms. The summed E-state index contributed by atoms with van der Waals surface area (Å²) in [6.45, 7) is 2.72. The highest BCUT2D eigenvalue weighted by molar-refractivity contribution is 5.79. The van der Waals surface area contributed by atoms with E-state index < -0.39 is 0 Å². The maximum atomic E-state index is 13.4. The van der Waals surface area contributed by atoms with Gasteiger partial charge in [0.05, 0.1) is 11.7 Å². The number of likely N-dealkylation sites (tertiary alicyclic amines) is 1. The Balaban J connectivity index is 1.40. The predicted octanol–water partition coefficient (Wildman–Crippen LogP) is 4.34. The number of piperidine rings is 1. The van der Waals surface area contributed by atoms with Gasteiger partial charge in [0.25, 0.3) is 0 Å². The summed E-state index contributed by atoms with van der Waals surface area (Å²) in [5.41, 5.74) is 2.87. The van der Waals surface area contributed by atoms with E-state index in [1.807, 2.05) is 24.3 Å². The molecule has 1 aliphatic heterocycles. The van der Waals surface area contributed by atoms with Crippen LogP contribution in [0, 0.1) is 11.7 Å². The number of nitrogens with one attached hydrogen (secondary N) is 1. The van der Waals surface area contributed by atoms with E-state index in [1.54, 1.807) is 18.3 Å². The average molecular weight is 404 g/mol. The van der Waals surface area contributed by atoms with Gasteiger partial charge in [-0.15, -0.1) is 0 Å². The number of carbonyl (C=O) groups is 1. The van der Waals surface area contributed by atoms with Gasteiger partial charge in [0.2, 0.25) is 5.91 Å². The molecule has 30 heavy (non-hydrogen) atoms. The van der Waals surface area contributed by atoms with Gasteiger partial charge in [0.15, 0.2) is 0 Å². The van der Waals surface area contributed by atoms with Crippen LogP contribution in [0.2, 0.25) is 0 Å². The lowest BCUT2D eigenvalue weighted by atomic mass is 9.94. The molecule has 2 heterocycles. The maximum absolute atomic E-state index is 13.4. The van der Waals surface area contributed by atoms with Crippen molar-refractivity contribution in [2.45, 2.75) is 25.4 Å². The van der Waals surface area contributed by atoms with Gasteiger partial charge in [-0.3, -0.25) is 14.7 Å². The van der Waals surface area contributed by atoms with Crippen LogP contribution in [-0.4, -0.2) is 28.9 Å². The fraction of sp³-hybridized carbons (Fsp3) is 0.280. The summed E-state index contributed by atoms with van der Waals surface area (Å²) < 4.78 is 13.4. The van der Waals surface area contributed by atoms with Crippen molar-refractivity contribution in [3.63, 3.8) is 0 Å². The summed E-state index contributed by atoms with van der Waals surface area (Å²) in [7, 11) is 0. The number of nitrogens with zero attached hydrogens (tertiary/aromatic N) is 2. The van der Waals surface area contributed by atoms with Crippen LogP contribution in [0.15, 0.2) is 79.0 Å². The number of aromatic nitrogens is 1. The molecule has 4 rings (SSSR count). The molecular weight excluding hydrogens is 377 g/mol. The zero-order valence-electron chi connectivity index (χ0n) is 16.9. The quantitative estimate of drug-likeness (QED) is 0.666. The minimum atomic E-state index is -0.387. The van der Waals surface area contributed by atoms with Gasteiger partial charge in [-0.1, -0.05) is 48.5 Å². The Kier molecular flexibility index (Phi) is 6.50. The highest BCUT2D eigenvalue weighted by atomic mass is 19.1. The monoisotopic (exact) mass is 403 g/mol. The lowest BCUT2D eigenvalue weighted by molar-refractivity contribution is -0.127. The Morgan fingerprint density at radius 3 is 2.37 bits per heavy atom. The van der Waals surface area contributed by atoms with Gasteiger partial charge in [0, 0.05) is 18.7 Å². The Morgan fingerprint density at radius 1 is 1.00 bits per heavy atom. The van der Waals surface area contributed by atoms with Crippen molar-refractivity contribution in [1.29, 1.82) is 0 Å². The van der Waals surface area contributed by atoms with Gasteiger partial charge in [-0.2, -0.15) is 0 Å². The molecule has 1 fully saturated rings. The first-order chi connectivity index (χ1) is 14.7. The van der Waals surface area contributed by atoms with Gasteiger partial charge >= 0.3 is 0 Å². The van der Waals surface area contributed by atoms with Crippen LogP contribution in [0.25, 0.3) is 0 Å². The van der Waals surface area contributed by atoms with Crippen molar-refractivity contribution in [3.8, 4) is 0 Å². The first-order valence-corrected chi connectivity index (χ1v) is 10.4. The lowest BCUT2D eigenvalue weighted by Crippen LogP contribution is -2.41. The molecule has 0 saturated carbocycles. The molecule has 0 aliphatic carbocycles. The largest absolute Gasteiger partial charge is 0.343 e. The van der Waals surface area contributed by atoms with Crippen molar-refractivity contribution in [2.75, 3.05) is 13.1 Å². The predicted molar refractivity (Wildman–Crippen MR) is 115 cm³/mol. The van der Waals surface area contributed by atoms with Gasteiger partial charge in [-0.25, -0.2) is 4.39 Å². The molecular formula is C25H26FN3O. The molecule has 2 aromatic carbocycles. The minimum Gasteiger partial charge on any atom is -0.343 e. The number of benzene rings is 2. The highest BCUT2D eigenvalue weighted by Gasteiger charge is 2.27. The molecule has 0 spiro atoms. The number of halogens is 1. The molecule has 1 unspecified atom stereocenters. The molecule has 5 heteroatoms. The van der Waals surface area contributed by atoms with Crippen molar-refractivity contribution >= 4 is 5.91 Å². The number of hydrogen-bond acceptors (Lipinski definition) is 3. The smallest absolute Gasteiger partial charge is 0.224 e. The lowest BCUT2D eigenvalue weighted by Gasteiger charge is -2.32. The van der Waals surface area contributed by atoms with E-state index in [-0.39, 0.29) is 23.7 Å². The average Bonchev–Trinajstić information content (AvgIpc) is 2.80. The molecule has 1 aromatic heterocycles. The minimum absolute atomic E-state index is 0.0244. The van der Waals surface area contributed by atoms with Crippen molar-refractivity contribution in [2.24, 2.45) is 5.92 Å². The molecule has 1 aliphatic rings. The first-order valence-electron chi connectivity index (χ1n) is 10.4. The molecule has 1 atom stereocenters. The van der Waals surface area contributed by atoms with Gasteiger partial charge in [0.1, 0.15) is 5.82 Å². The van der Waals surface area contributed by atoms with E-state index in [4.69, 9.17) is 0 Å². The van der Waals surface area contributed by atoms with Crippen molar-refractivity contribution < 1.29 is 9.18 Å². The third-order valence-corrected chi connectivity index (χ3v) is 5.68. The second-order valence-electron chi connectivity index (χ2n) is 7.78. The van der Waals surface area contributed by atoms with E-state index >= 15 is 0 Å². The first kappa shape index (κ1) is 20.2. The van der Waals surface area contributed by atoms with Crippen LogP contribution in [0.3, 0.4) is 0 Å². The summed E-state index contributed by atoms with van der Waals surface area (Å²) in [4.78, 5) is 19.9. The third-order valence-electron chi connectivity index (χ3n) is 5.68. The Hall–Kier alpha value is -3.05. The van der Waals surface area contributed by atoms with Gasteiger partial charge in [-0.05, 0) is 61.3 Å². The van der Waals surface area contributed by atoms with Gasteiger partial charge < -0.3 is 5.32 Å². The van der Waals surface area contributed by atoms with Crippen LogP contribution in [0.5, 0.6) is 0 Å². The zero-order chi connectivity index (χ0) is 20.8. The fourth-order valence-corrected chi connectivity index (χ4v) is 3.98. The summed E-state index contributed by atoms with van der Waals surface area (Å²) in [5, 5.41) is 3.16. The molecule has 4 nitrogen and oxygen atoms in total. The summed E-state index contributed by atoms with van der Waals surface area (Å²) in [6.07, 6.45) is 3.37. The normalized spacial score (nSPS) is 16.2. The van der Waals surface area contributed by atoms with Crippen molar-refractivity contribution in [3.05, 3.63) is 102 Å². The maximum Gasteiger partial charge on any atom is 0.224 e. The number of hydrogen-bond donors (Lipinski definition) is 1. The third kappa shape index (κ3) is 5.10. The van der Waals surface area contributed by atoms with Crippen LogP contribution < -0.4 is 5.32 Å².